The minimum absolute atomic E-state index is 0.0188. The van der Waals surface area contributed by atoms with Crippen molar-refractivity contribution in [1.29, 1.82) is 0 Å². The highest BCUT2D eigenvalue weighted by atomic mass is 16.7. The highest BCUT2D eigenvalue weighted by Crippen LogP contribution is 2.30. The van der Waals surface area contributed by atoms with Crippen molar-refractivity contribution >= 4 is 23.5 Å². The van der Waals surface area contributed by atoms with Crippen LogP contribution in [0.5, 0.6) is 5.75 Å². The van der Waals surface area contributed by atoms with E-state index in [2.05, 4.69) is 5.32 Å². The molecule has 142 valence electrons. The number of anilines is 1. The summed E-state index contributed by atoms with van der Waals surface area (Å²) in [7, 11) is 0. The molecule has 0 aromatic heterocycles. The molecule has 3 N–H and O–H groups in total. The van der Waals surface area contributed by atoms with E-state index in [-0.39, 0.29) is 31.1 Å². The van der Waals surface area contributed by atoms with Crippen LogP contribution in [0.1, 0.15) is 32.3 Å². The second kappa shape index (κ2) is 8.63. The van der Waals surface area contributed by atoms with E-state index in [0.29, 0.717) is 11.3 Å². The molecule has 0 saturated carbocycles. The van der Waals surface area contributed by atoms with Crippen LogP contribution >= 0.6 is 0 Å². The Balaban J connectivity index is 2.17. The van der Waals surface area contributed by atoms with Gasteiger partial charge in [-0.15, -0.1) is 0 Å². The van der Waals surface area contributed by atoms with Crippen molar-refractivity contribution in [3.8, 4) is 5.75 Å². The van der Waals surface area contributed by atoms with Crippen molar-refractivity contribution in [3.63, 3.8) is 0 Å². The summed E-state index contributed by atoms with van der Waals surface area (Å²) in [6, 6.07) is 4.76. The molecule has 0 spiro atoms. The molecule has 1 amide bonds. The number of carboxylic acids is 1. The quantitative estimate of drug-likeness (QED) is 0.636. The van der Waals surface area contributed by atoms with Gasteiger partial charge in [-0.25, -0.2) is 4.79 Å². The Hall–Kier alpha value is -2.65. The van der Waals surface area contributed by atoms with Gasteiger partial charge in [0.1, 0.15) is 12.4 Å². The smallest absolute Gasteiger partial charge is 0.333 e. The number of aliphatic hydroxyl groups is 1. The molecular weight excluding hydrogens is 346 g/mol. The number of ether oxygens (including phenoxy) is 3. The summed E-state index contributed by atoms with van der Waals surface area (Å²) in [5.74, 6) is -1.71. The maximum absolute atomic E-state index is 11.4. The number of benzene rings is 1. The average Bonchev–Trinajstić information content (AvgIpc) is 2.54. The van der Waals surface area contributed by atoms with Crippen LogP contribution in [0.2, 0.25) is 0 Å². The van der Waals surface area contributed by atoms with Gasteiger partial charge in [-0.1, -0.05) is 6.07 Å². The molecule has 0 bridgehead atoms. The Morgan fingerprint density at radius 3 is 2.62 bits per heavy atom. The predicted octanol–water partition coefficient (Wildman–Crippen LogP) is 1.04. The SMILES string of the molecule is CC(=O)Nc1cc(COC(C)=O)ccc1OC1CC(O)CC(C(=O)O)O1. The van der Waals surface area contributed by atoms with E-state index in [4.69, 9.17) is 19.3 Å². The van der Waals surface area contributed by atoms with Crippen LogP contribution in [0.15, 0.2) is 18.2 Å². The summed E-state index contributed by atoms with van der Waals surface area (Å²) < 4.78 is 15.9. The lowest BCUT2D eigenvalue weighted by molar-refractivity contribution is -0.195. The standard InChI is InChI=1S/C17H21NO8/c1-9(19)18-13-5-11(8-24-10(2)20)3-4-14(13)25-16-7-12(21)6-15(26-16)17(22)23/h3-5,12,15-16,21H,6-8H2,1-2H3,(H,18,19)(H,22,23). The summed E-state index contributed by atoms with van der Waals surface area (Å²) in [4.78, 5) is 33.4. The summed E-state index contributed by atoms with van der Waals surface area (Å²) in [6.45, 7) is 2.64. The van der Waals surface area contributed by atoms with E-state index in [0.717, 1.165) is 0 Å². The molecule has 9 heteroatoms. The van der Waals surface area contributed by atoms with Crippen LogP contribution in [0, 0.1) is 0 Å². The zero-order chi connectivity index (χ0) is 19.3. The first-order valence-corrected chi connectivity index (χ1v) is 8.01. The number of nitrogens with one attached hydrogen (secondary N) is 1. The zero-order valence-corrected chi connectivity index (χ0v) is 14.4. The lowest BCUT2D eigenvalue weighted by Crippen LogP contribution is -2.42. The lowest BCUT2D eigenvalue weighted by atomic mass is 10.1. The number of hydrogen-bond donors (Lipinski definition) is 3. The van der Waals surface area contributed by atoms with Gasteiger partial charge in [-0.2, -0.15) is 0 Å². The van der Waals surface area contributed by atoms with Crippen LogP contribution < -0.4 is 10.1 Å². The van der Waals surface area contributed by atoms with Gasteiger partial charge in [-0.3, -0.25) is 9.59 Å². The molecule has 3 unspecified atom stereocenters. The van der Waals surface area contributed by atoms with Crippen molar-refractivity contribution in [2.24, 2.45) is 0 Å². The monoisotopic (exact) mass is 367 g/mol. The highest BCUT2D eigenvalue weighted by Gasteiger charge is 2.34. The zero-order valence-electron chi connectivity index (χ0n) is 14.4. The van der Waals surface area contributed by atoms with Gasteiger partial charge in [0.25, 0.3) is 0 Å². The molecule has 1 saturated heterocycles. The molecule has 1 aromatic rings. The maximum atomic E-state index is 11.4. The number of carbonyl (C=O) groups excluding carboxylic acids is 2. The summed E-state index contributed by atoms with van der Waals surface area (Å²) in [5, 5.41) is 21.5. The normalized spacial score (nSPS) is 22.3. The van der Waals surface area contributed by atoms with Crippen molar-refractivity contribution in [3.05, 3.63) is 23.8 Å². The number of carboxylic acid groups (broad SMARTS) is 1. The van der Waals surface area contributed by atoms with Crippen LogP contribution in [0.4, 0.5) is 5.69 Å². The van der Waals surface area contributed by atoms with E-state index >= 15 is 0 Å². The average molecular weight is 367 g/mol. The van der Waals surface area contributed by atoms with Crippen molar-refractivity contribution in [2.45, 2.75) is 51.8 Å². The molecule has 0 aliphatic carbocycles. The molecule has 1 aliphatic heterocycles. The Morgan fingerprint density at radius 1 is 1.27 bits per heavy atom. The van der Waals surface area contributed by atoms with E-state index in [1.807, 2.05) is 0 Å². The van der Waals surface area contributed by atoms with Gasteiger partial charge in [0.2, 0.25) is 12.2 Å². The lowest BCUT2D eigenvalue weighted by Gasteiger charge is -2.31. The highest BCUT2D eigenvalue weighted by molar-refractivity contribution is 5.90. The summed E-state index contributed by atoms with van der Waals surface area (Å²) in [5.41, 5.74) is 0.946. The van der Waals surface area contributed by atoms with Crippen LogP contribution in [0.3, 0.4) is 0 Å². The number of esters is 1. The first-order chi connectivity index (χ1) is 12.2. The third-order valence-corrected chi connectivity index (χ3v) is 3.60. The minimum Gasteiger partial charge on any atom is -0.479 e. The molecule has 9 nitrogen and oxygen atoms in total. The molecule has 0 radical (unpaired) electrons. The topological polar surface area (TPSA) is 131 Å². The number of carbonyl (C=O) groups is 3. The molecule has 1 aliphatic rings. The second-order valence-corrected chi connectivity index (χ2v) is 5.93. The molecule has 2 rings (SSSR count). The van der Waals surface area contributed by atoms with E-state index in [1.165, 1.54) is 13.8 Å². The second-order valence-electron chi connectivity index (χ2n) is 5.93. The Morgan fingerprint density at radius 2 is 2.00 bits per heavy atom. The molecular formula is C17H21NO8. The van der Waals surface area contributed by atoms with Crippen LogP contribution in [0.25, 0.3) is 0 Å². The van der Waals surface area contributed by atoms with Gasteiger partial charge in [0.15, 0.2) is 6.10 Å². The van der Waals surface area contributed by atoms with Crippen LogP contribution in [-0.4, -0.2) is 46.6 Å². The van der Waals surface area contributed by atoms with E-state index in [1.54, 1.807) is 18.2 Å². The fourth-order valence-electron chi connectivity index (χ4n) is 2.48. The Bertz CT molecular complexity index is 689. The van der Waals surface area contributed by atoms with Gasteiger partial charge in [0.05, 0.1) is 11.8 Å². The number of amides is 1. The molecule has 1 heterocycles. The number of aliphatic carboxylic acids is 1. The van der Waals surface area contributed by atoms with Gasteiger partial charge >= 0.3 is 11.9 Å². The van der Waals surface area contributed by atoms with Gasteiger partial charge < -0.3 is 29.7 Å². The van der Waals surface area contributed by atoms with Crippen LogP contribution in [-0.2, 0) is 30.5 Å². The third kappa shape index (κ3) is 5.71. The van der Waals surface area contributed by atoms with Crippen molar-refractivity contribution in [1.82, 2.24) is 0 Å². The molecule has 1 fully saturated rings. The fourth-order valence-corrected chi connectivity index (χ4v) is 2.48. The van der Waals surface area contributed by atoms with Crippen molar-refractivity contribution < 1.29 is 38.8 Å². The fraction of sp³-hybridized carbons (Fsp3) is 0.471. The van der Waals surface area contributed by atoms with Gasteiger partial charge in [-0.05, 0) is 17.7 Å². The first kappa shape index (κ1) is 19.7. The minimum atomic E-state index is -1.18. The van der Waals surface area contributed by atoms with Crippen molar-refractivity contribution in [2.75, 3.05) is 5.32 Å². The Labute approximate surface area is 149 Å². The number of hydrogen-bond acceptors (Lipinski definition) is 7. The predicted molar refractivity (Wildman–Crippen MR) is 88.4 cm³/mol. The molecule has 3 atom stereocenters. The number of rotatable bonds is 6. The maximum Gasteiger partial charge on any atom is 0.333 e. The third-order valence-electron chi connectivity index (χ3n) is 3.60. The van der Waals surface area contributed by atoms with E-state index in [9.17, 15) is 19.5 Å². The number of aliphatic hydroxyl groups excluding tert-OH is 1. The molecule has 1 aromatic carbocycles. The summed E-state index contributed by atoms with van der Waals surface area (Å²) in [6.07, 6.45) is -2.95. The Kier molecular flexibility index (Phi) is 6.53. The first-order valence-electron chi connectivity index (χ1n) is 8.01. The largest absolute Gasteiger partial charge is 0.479 e. The molecule has 26 heavy (non-hydrogen) atoms. The summed E-state index contributed by atoms with van der Waals surface area (Å²) >= 11 is 0. The van der Waals surface area contributed by atoms with E-state index < -0.39 is 30.4 Å². The van der Waals surface area contributed by atoms with Gasteiger partial charge in [0, 0.05) is 26.7 Å².